The maximum atomic E-state index is 10.3. The Bertz CT molecular complexity index is 1880. The minimum atomic E-state index is 0.242. The maximum absolute atomic E-state index is 10.3. The van der Waals surface area contributed by atoms with Crippen LogP contribution < -0.4 is 0 Å². The Labute approximate surface area is 202 Å². The van der Waals surface area contributed by atoms with Crippen molar-refractivity contribution in [1.29, 1.82) is 0 Å². The summed E-state index contributed by atoms with van der Waals surface area (Å²) in [5.74, 6) is 1.06. The number of nitrogens with zero attached hydrogens (tertiary/aromatic N) is 3. The second kappa shape index (κ2) is 7.21. The zero-order valence-electron chi connectivity index (χ0n) is 19.5. The Morgan fingerprint density at radius 2 is 1.26 bits per heavy atom. The van der Waals surface area contributed by atoms with Crippen LogP contribution in [0, 0.1) is 13.8 Å². The molecule has 0 saturated carbocycles. The Morgan fingerprint density at radius 3 is 2.00 bits per heavy atom. The predicted molar refractivity (Wildman–Crippen MR) is 144 cm³/mol. The summed E-state index contributed by atoms with van der Waals surface area (Å²) in [4.78, 5) is 4.79. The van der Waals surface area contributed by atoms with E-state index in [1.165, 1.54) is 32.9 Å². The molecule has 0 spiro atoms. The fraction of sp³-hybridized carbons (Fsp3) is 0.0645. The van der Waals surface area contributed by atoms with Crippen molar-refractivity contribution in [2.45, 2.75) is 13.8 Å². The Balaban J connectivity index is 1.58. The van der Waals surface area contributed by atoms with Crippen molar-refractivity contribution >= 4 is 43.6 Å². The summed E-state index contributed by atoms with van der Waals surface area (Å²) >= 11 is 0. The molecule has 0 aliphatic carbocycles. The van der Waals surface area contributed by atoms with Gasteiger partial charge in [-0.1, -0.05) is 54.6 Å². The maximum Gasteiger partial charge on any atom is 0.139 e. The van der Waals surface area contributed by atoms with Crippen LogP contribution in [-0.4, -0.2) is 19.2 Å². The van der Waals surface area contributed by atoms with Crippen molar-refractivity contribution in [2.75, 3.05) is 0 Å². The van der Waals surface area contributed by atoms with Crippen LogP contribution in [0.25, 0.3) is 55.1 Å². The topological polar surface area (TPSA) is 43.0 Å². The van der Waals surface area contributed by atoms with E-state index >= 15 is 0 Å². The number of rotatable bonds is 2. The van der Waals surface area contributed by atoms with Gasteiger partial charge >= 0.3 is 0 Å². The average Bonchev–Trinajstić information content (AvgIpc) is 3.39. The second-order valence-corrected chi connectivity index (χ2v) is 9.20. The second-order valence-electron chi connectivity index (χ2n) is 9.20. The number of aryl methyl sites for hydroxylation is 2. The van der Waals surface area contributed by atoms with Gasteiger partial charge in [-0.25, -0.2) is 4.98 Å². The lowest BCUT2D eigenvalue weighted by atomic mass is 10.1. The molecular weight excluding hydrogens is 430 g/mol. The number of pyridine rings is 1. The van der Waals surface area contributed by atoms with Gasteiger partial charge in [0.15, 0.2) is 0 Å². The van der Waals surface area contributed by atoms with Crippen LogP contribution in [0.3, 0.4) is 0 Å². The highest BCUT2D eigenvalue weighted by molar-refractivity contribution is 6.11. The van der Waals surface area contributed by atoms with E-state index in [1.807, 2.05) is 30.5 Å². The number of hydrogen-bond acceptors (Lipinski definition) is 2. The molecule has 0 atom stereocenters. The summed E-state index contributed by atoms with van der Waals surface area (Å²) in [7, 11) is 0. The van der Waals surface area contributed by atoms with Crippen molar-refractivity contribution in [2.24, 2.45) is 0 Å². The third kappa shape index (κ3) is 2.77. The van der Waals surface area contributed by atoms with Crippen LogP contribution in [0.1, 0.15) is 11.1 Å². The molecule has 7 rings (SSSR count). The molecule has 4 heteroatoms. The summed E-state index contributed by atoms with van der Waals surface area (Å²) in [5, 5.41) is 15.0. The van der Waals surface area contributed by atoms with Crippen LogP contribution in [0.5, 0.6) is 5.75 Å². The Hall–Kier alpha value is -4.57. The SMILES string of the molecule is Cc1cccc2c3cccc(C)c3n(-c3ccnc(-n4c5ccccc5c5ccc(O)cc54)c3)c12. The van der Waals surface area contributed by atoms with Crippen molar-refractivity contribution in [3.63, 3.8) is 0 Å². The normalized spacial score (nSPS) is 11.8. The van der Waals surface area contributed by atoms with Crippen molar-refractivity contribution in [3.05, 3.63) is 108 Å². The van der Waals surface area contributed by atoms with Crippen LogP contribution in [0.15, 0.2) is 97.2 Å². The third-order valence-corrected chi connectivity index (χ3v) is 7.09. The van der Waals surface area contributed by atoms with Gasteiger partial charge in [0.05, 0.1) is 27.8 Å². The molecule has 0 radical (unpaired) electrons. The highest BCUT2D eigenvalue weighted by Gasteiger charge is 2.18. The van der Waals surface area contributed by atoms with E-state index in [0.29, 0.717) is 0 Å². The molecule has 3 aromatic heterocycles. The van der Waals surface area contributed by atoms with Gasteiger partial charge in [0, 0.05) is 39.9 Å². The van der Waals surface area contributed by atoms with Gasteiger partial charge in [-0.15, -0.1) is 0 Å². The highest BCUT2D eigenvalue weighted by Crippen LogP contribution is 2.37. The first-order chi connectivity index (χ1) is 17.1. The van der Waals surface area contributed by atoms with Crippen LogP contribution in [0.2, 0.25) is 0 Å². The Kier molecular flexibility index (Phi) is 4.09. The first-order valence-corrected chi connectivity index (χ1v) is 11.8. The van der Waals surface area contributed by atoms with E-state index in [4.69, 9.17) is 4.98 Å². The van der Waals surface area contributed by atoms with E-state index in [9.17, 15) is 5.11 Å². The molecule has 0 amide bonds. The van der Waals surface area contributed by atoms with Gasteiger partial charge in [0.25, 0.3) is 0 Å². The molecule has 0 aliphatic heterocycles. The third-order valence-electron chi connectivity index (χ3n) is 7.09. The lowest BCUT2D eigenvalue weighted by Crippen LogP contribution is -2.02. The molecule has 0 bridgehead atoms. The fourth-order valence-electron chi connectivity index (χ4n) is 5.59. The fourth-order valence-corrected chi connectivity index (χ4v) is 5.59. The van der Waals surface area contributed by atoms with Crippen molar-refractivity contribution in [1.82, 2.24) is 14.1 Å². The molecule has 3 heterocycles. The molecule has 4 nitrogen and oxygen atoms in total. The summed E-state index contributed by atoms with van der Waals surface area (Å²) < 4.78 is 4.51. The van der Waals surface area contributed by atoms with Gasteiger partial charge in [0.1, 0.15) is 11.6 Å². The number of aromatic hydroxyl groups is 1. The minimum absolute atomic E-state index is 0.242. The summed E-state index contributed by atoms with van der Waals surface area (Å²) in [6, 6.07) is 31.1. The molecular formula is C31H23N3O. The molecule has 0 unspecified atom stereocenters. The van der Waals surface area contributed by atoms with Gasteiger partial charge < -0.3 is 9.67 Å². The molecule has 0 fully saturated rings. The van der Waals surface area contributed by atoms with E-state index in [2.05, 4.69) is 83.6 Å². The number of fused-ring (bicyclic) bond motifs is 6. The smallest absolute Gasteiger partial charge is 0.139 e. The van der Waals surface area contributed by atoms with Crippen molar-refractivity contribution in [3.8, 4) is 17.3 Å². The average molecular weight is 454 g/mol. The van der Waals surface area contributed by atoms with Gasteiger partial charge in [0.2, 0.25) is 0 Å². The first kappa shape index (κ1) is 19.9. The summed E-state index contributed by atoms with van der Waals surface area (Å²) in [5.41, 5.74) is 7.96. The van der Waals surface area contributed by atoms with Gasteiger partial charge in [-0.2, -0.15) is 0 Å². The molecule has 35 heavy (non-hydrogen) atoms. The van der Waals surface area contributed by atoms with Crippen LogP contribution in [0.4, 0.5) is 0 Å². The Morgan fingerprint density at radius 1 is 0.600 bits per heavy atom. The summed E-state index contributed by atoms with van der Waals surface area (Å²) in [6.07, 6.45) is 1.88. The van der Waals surface area contributed by atoms with Gasteiger partial charge in [-0.05, 0) is 49.2 Å². The van der Waals surface area contributed by atoms with Crippen LogP contribution >= 0.6 is 0 Å². The van der Waals surface area contributed by atoms with Gasteiger partial charge in [-0.3, -0.25) is 4.57 Å². The van der Waals surface area contributed by atoms with Crippen molar-refractivity contribution < 1.29 is 5.11 Å². The zero-order valence-corrected chi connectivity index (χ0v) is 19.5. The van der Waals surface area contributed by atoms with E-state index < -0.39 is 0 Å². The number of para-hydroxylation sites is 3. The lowest BCUT2D eigenvalue weighted by molar-refractivity contribution is 0.476. The monoisotopic (exact) mass is 453 g/mol. The van der Waals surface area contributed by atoms with E-state index in [1.54, 1.807) is 6.07 Å². The summed E-state index contributed by atoms with van der Waals surface area (Å²) in [6.45, 7) is 4.34. The largest absolute Gasteiger partial charge is 0.508 e. The number of phenolic OH excluding ortho intramolecular Hbond substituents is 1. The molecule has 168 valence electrons. The number of aromatic nitrogens is 3. The predicted octanol–water partition coefficient (Wildman–Crippen LogP) is 7.60. The molecule has 7 aromatic rings. The number of benzene rings is 4. The number of phenols is 1. The highest BCUT2D eigenvalue weighted by atomic mass is 16.3. The molecule has 1 N–H and O–H groups in total. The standard InChI is InChI=1S/C31H23N3O/c1-19-7-5-10-25-26-11-6-8-20(2)31(26)33(30(19)25)21-15-16-32-29(17-21)34-27-12-4-3-9-23(27)24-14-13-22(35)18-28(24)34/h3-18,35H,1-2H3. The minimum Gasteiger partial charge on any atom is -0.508 e. The first-order valence-electron chi connectivity index (χ1n) is 11.8. The van der Waals surface area contributed by atoms with E-state index in [0.717, 1.165) is 33.3 Å². The quantitative estimate of drug-likeness (QED) is 0.293. The number of hydrogen-bond donors (Lipinski definition) is 1. The van der Waals surface area contributed by atoms with Crippen LogP contribution in [-0.2, 0) is 0 Å². The zero-order chi connectivity index (χ0) is 23.7. The molecule has 4 aromatic carbocycles. The van der Waals surface area contributed by atoms with E-state index in [-0.39, 0.29) is 5.75 Å². The molecule has 0 saturated heterocycles. The molecule has 0 aliphatic rings. The lowest BCUT2D eigenvalue weighted by Gasteiger charge is -2.13.